The second kappa shape index (κ2) is 10.5. The molecule has 0 saturated carbocycles. The van der Waals surface area contributed by atoms with Crippen molar-refractivity contribution in [3.8, 4) is 10.4 Å². The summed E-state index contributed by atoms with van der Waals surface area (Å²) in [5.41, 5.74) is 1.48. The third kappa shape index (κ3) is 5.83. The first-order valence-corrected chi connectivity index (χ1v) is 13.5. The van der Waals surface area contributed by atoms with Crippen molar-refractivity contribution in [1.82, 2.24) is 14.0 Å². The third-order valence-electron chi connectivity index (χ3n) is 5.86. The zero-order valence-corrected chi connectivity index (χ0v) is 21.8. The van der Waals surface area contributed by atoms with E-state index in [1.807, 2.05) is 29.8 Å². The van der Waals surface area contributed by atoms with Gasteiger partial charge in [-0.05, 0) is 43.0 Å². The van der Waals surface area contributed by atoms with Crippen LogP contribution in [0.25, 0.3) is 10.4 Å². The molecule has 1 amide bonds. The van der Waals surface area contributed by atoms with E-state index in [0.717, 1.165) is 33.1 Å². The summed E-state index contributed by atoms with van der Waals surface area (Å²) in [5.74, 6) is 1.11. The lowest BCUT2D eigenvalue weighted by atomic mass is 9.93. The molecule has 12 nitrogen and oxygen atoms in total. The predicted molar refractivity (Wildman–Crippen MR) is 136 cm³/mol. The maximum atomic E-state index is 12.3. The Hall–Kier alpha value is -3.07. The molecule has 36 heavy (non-hydrogen) atoms. The lowest BCUT2D eigenvalue weighted by Crippen LogP contribution is -2.50. The Kier molecular flexibility index (Phi) is 7.59. The summed E-state index contributed by atoms with van der Waals surface area (Å²) in [6.07, 6.45) is 1.59. The summed E-state index contributed by atoms with van der Waals surface area (Å²) >= 11 is 1.36. The Morgan fingerprint density at radius 3 is 2.67 bits per heavy atom. The number of thiazole rings is 1. The van der Waals surface area contributed by atoms with Gasteiger partial charge < -0.3 is 19.9 Å². The van der Waals surface area contributed by atoms with Crippen LogP contribution < -0.4 is 10.0 Å². The molecule has 1 aromatic carbocycles. The second-order valence-electron chi connectivity index (χ2n) is 8.44. The molecule has 3 heterocycles. The van der Waals surface area contributed by atoms with Gasteiger partial charge in [-0.1, -0.05) is 6.07 Å². The number of guanidine groups is 1. The molecule has 2 aromatic rings. The van der Waals surface area contributed by atoms with Crippen LogP contribution in [0.1, 0.15) is 29.8 Å². The highest BCUT2D eigenvalue weighted by molar-refractivity contribution is 7.87. The minimum absolute atomic E-state index is 0.0301. The lowest BCUT2D eigenvalue weighted by Gasteiger charge is -2.35. The first kappa shape index (κ1) is 26.0. The summed E-state index contributed by atoms with van der Waals surface area (Å²) in [5, 5.41) is 15.0. The zero-order valence-electron chi connectivity index (χ0n) is 20.1. The summed E-state index contributed by atoms with van der Waals surface area (Å²) in [4.78, 5) is 25.4. The number of aliphatic hydroxyl groups is 1. The second-order valence-corrected chi connectivity index (χ2v) is 11.1. The zero-order chi connectivity index (χ0) is 25.9. The van der Waals surface area contributed by atoms with E-state index in [4.69, 9.17) is 4.74 Å². The fraction of sp³-hybridized carbons (Fsp3) is 0.455. The van der Waals surface area contributed by atoms with E-state index in [-0.39, 0.29) is 25.9 Å². The SMILES string of the molecule is COC(=O)NS(=O)(=O)N1CCC(O)(c2ncc(-c3cc(C)cc(NC4=NCCC(OC)=N4)c3)s2)CC1. The van der Waals surface area contributed by atoms with E-state index in [1.165, 1.54) is 11.3 Å². The van der Waals surface area contributed by atoms with Crippen molar-refractivity contribution < 1.29 is 27.8 Å². The molecule has 1 fully saturated rings. The Bertz CT molecular complexity index is 1300. The standard InChI is InChI=1S/C22H28N6O6S2/c1-14-10-15(12-16(11-14)25-20-23-7-4-18(26-20)33-2)17-13-24-19(35-17)22(30)5-8-28(9-6-22)36(31,32)27-21(29)34-3/h10-13,30H,4-9H2,1-3H3,(H,23,25)(H,27,29). The number of hydrogen-bond donors (Lipinski definition) is 3. The van der Waals surface area contributed by atoms with E-state index in [1.54, 1.807) is 13.3 Å². The quantitative estimate of drug-likeness (QED) is 0.525. The van der Waals surface area contributed by atoms with E-state index >= 15 is 0 Å². The van der Waals surface area contributed by atoms with Crippen LogP contribution in [0.15, 0.2) is 34.4 Å². The maximum absolute atomic E-state index is 12.3. The third-order valence-corrected chi connectivity index (χ3v) is 8.57. The van der Waals surface area contributed by atoms with Crippen LogP contribution in [-0.4, -0.2) is 74.6 Å². The number of anilines is 1. The molecule has 0 spiro atoms. The molecule has 0 bridgehead atoms. The van der Waals surface area contributed by atoms with Gasteiger partial charge in [0.25, 0.3) is 0 Å². The van der Waals surface area contributed by atoms with Gasteiger partial charge in [0.15, 0.2) is 5.90 Å². The summed E-state index contributed by atoms with van der Waals surface area (Å²) in [7, 11) is -1.37. The number of piperidine rings is 1. The van der Waals surface area contributed by atoms with Gasteiger partial charge in [0.05, 0.1) is 25.6 Å². The Morgan fingerprint density at radius 1 is 1.22 bits per heavy atom. The molecule has 1 saturated heterocycles. The van der Waals surface area contributed by atoms with Crippen molar-refractivity contribution >= 4 is 45.2 Å². The molecule has 14 heteroatoms. The lowest BCUT2D eigenvalue weighted by molar-refractivity contribution is -0.00992. The first-order valence-electron chi connectivity index (χ1n) is 11.2. The van der Waals surface area contributed by atoms with Crippen LogP contribution >= 0.6 is 11.3 Å². The molecule has 0 unspecified atom stereocenters. The van der Waals surface area contributed by atoms with Gasteiger partial charge in [-0.25, -0.2) is 14.5 Å². The van der Waals surface area contributed by atoms with Crippen molar-refractivity contribution in [2.24, 2.45) is 9.98 Å². The highest BCUT2D eigenvalue weighted by Gasteiger charge is 2.40. The number of nitrogens with zero attached hydrogens (tertiary/aromatic N) is 4. The average molecular weight is 537 g/mol. The molecule has 3 N–H and O–H groups in total. The molecular formula is C22H28N6O6S2. The van der Waals surface area contributed by atoms with Gasteiger partial charge in [-0.15, -0.1) is 11.3 Å². The van der Waals surface area contributed by atoms with Crippen LogP contribution in [0.3, 0.4) is 0 Å². The number of methoxy groups -OCH3 is 2. The number of carbonyl (C=O) groups excluding carboxylic acids is 1. The summed E-state index contributed by atoms with van der Waals surface area (Å²) in [6, 6.07) is 5.96. The Labute approximate surface area is 213 Å². The van der Waals surface area contributed by atoms with Gasteiger partial charge >= 0.3 is 16.3 Å². The topological polar surface area (TPSA) is 155 Å². The monoisotopic (exact) mass is 536 g/mol. The number of nitrogens with one attached hydrogen (secondary N) is 2. The molecule has 2 aliphatic heterocycles. The minimum atomic E-state index is -4.04. The average Bonchev–Trinajstić information content (AvgIpc) is 3.35. The van der Waals surface area contributed by atoms with Crippen LogP contribution in [0.2, 0.25) is 0 Å². The van der Waals surface area contributed by atoms with Gasteiger partial charge in [0.2, 0.25) is 5.96 Å². The van der Waals surface area contributed by atoms with E-state index in [9.17, 15) is 18.3 Å². The number of aryl methyl sites for hydroxylation is 1. The van der Waals surface area contributed by atoms with Gasteiger partial charge in [-0.2, -0.15) is 17.7 Å². The number of rotatable bonds is 5. The molecule has 2 aliphatic rings. The number of carbonyl (C=O) groups is 1. The largest absolute Gasteiger partial charge is 0.484 e. The number of aromatic nitrogens is 1. The van der Waals surface area contributed by atoms with Crippen LogP contribution in [-0.2, 0) is 25.3 Å². The number of benzene rings is 1. The van der Waals surface area contributed by atoms with Gasteiger partial charge in [0.1, 0.15) is 10.6 Å². The Balaban J connectivity index is 1.48. The normalized spacial score (nSPS) is 18.1. The highest BCUT2D eigenvalue weighted by Crippen LogP contribution is 2.39. The summed E-state index contributed by atoms with van der Waals surface area (Å²) < 4.78 is 37.2. The number of aliphatic imine (C=N–C) groups is 2. The number of ether oxygens (including phenoxy) is 2. The summed E-state index contributed by atoms with van der Waals surface area (Å²) in [6.45, 7) is 2.64. The van der Waals surface area contributed by atoms with Crippen LogP contribution in [0, 0.1) is 6.92 Å². The van der Waals surface area contributed by atoms with Crippen molar-refractivity contribution in [1.29, 1.82) is 0 Å². The van der Waals surface area contributed by atoms with Crippen molar-refractivity contribution in [3.05, 3.63) is 35.0 Å². The van der Waals surface area contributed by atoms with Crippen molar-refractivity contribution in [3.63, 3.8) is 0 Å². The molecule has 0 atom stereocenters. The fourth-order valence-electron chi connectivity index (χ4n) is 3.95. The predicted octanol–water partition coefficient (Wildman–Crippen LogP) is 2.22. The highest BCUT2D eigenvalue weighted by atomic mass is 32.2. The molecule has 0 aliphatic carbocycles. The van der Waals surface area contributed by atoms with Crippen LogP contribution in [0.5, 0.6) is 0 Å². The van der Waals surface area contributed by atoms with E-state index in [2.05, 4.69) is 25.0 Å². The van der Waals surface area contributed by atoms with Crippen LogP contribution in [0.4, 0.5) is 10.5 Å². The molecule has 194 valence electrons. The van der Waals surface area contributed by atoms with E-state index < -0.39 is 21.9 Å². The van der Waals surface area contributed by atoms with Crippen molar-refractivity contribution in [2.75, 3.05) is 39.2 Å². The number of hydrogen-bond acceptors (Lipinski definition) is 11. The maximum Gasteiger partial charge on any atom is 0.421 e. The smallest absolute Gasteiger partial charge is 0.421 e. The van der Waals surface area contributed by atoms with E-state index in [0.29, 0.717) is 29.8 Å². The van der Waals surface area contributed by atoms with Gasteiger partial charge in [-0.3, -0.25) is 4.99 Å². The fourth-order valence-corrected chi connectivity index (χ4v) is 6.09. The molecule has 0 radical (unpaired) electrons. The molecule has 4 rings (SSSR count). The minimum Gasteiger partial charge on any atom is -0.484 e. The van der Waals surface area contributed by atoms with Crippen molar-refractivity contribution in [2.45, 2.75) is 31.8 Å². The molecule has 1 aromatic heterocycles. The first-order chi connectivity index (χ1) is 17.1. The number of amides is 1. The van der Waals surface area contributed by atoms with Gasteiger partial charge in [0, 0.05) is 31.4 Å². The molecular weight excluding hydrogens is 508 g/mol. The Morgan fingerprint density at radius 2 is 1.97 bits per heavy atom.